The van der Waals surface area contributed by atoms with Crippen LogP contribution < -0.4 is 5.32 Å². The molecule has 0 aromatic rings. The van der Waals surface area contributed by atoms with E-state index in [1.54, 1.807) is 4.90 Å². The monoisotopic (exact) mass is 300 g/mol. The maximum absolute atomic E-state index is 12.1. The summed E-state index contributed by atoms with van der Waals surface area (Å²) >= 11 is 1.91. The Kier molecular flexibility index (Phi) is 5.72. The first-order chi connectivity index (χ1) is 9.60. The third kappa shape index (κ3) is 4.12. The van der Waals surface area contributed by atoms with Crippen molar-refractivity contribution >= 4 is 23.6 Å². The number of hydrogen-bond donors (Lipinski definition) is 2. The molecule has 2 fully saturated rings. The molecule has 2 rings (SSSR count). The molecule has 1 saturated heterocycles. The van der Waals surface area contributed by atoms with Gasteiger partial charge in [0.2, 0.25) is 5.91 Å². The van der Waals surface area contributed by atoms with Gasteiger partial charge in [-0.1, -0.05) is 0 Å². The van der Waals surface area contributed by atoms with E-state index in [2.05, 4.69) is 11.6 Å². The van der Waals surface area contributed by atoms with Gasteiger partial charge in [-0.2, -0.15) is 11.8 Å². The first-order valence-corrected chi connectivity index (χ1v) is 8.65. The van der Waals surface area contributed by atoms with Gasteiger partial charge >= 0.3 is 5.97 Å². The second-order valence-electron chi connectivity index (χ2n) is 5.74. The smallest absolute Gasteiger partial charge is 0.306 e. The number of carboxylic acids is 1. The average molecular weight is 300 g/mol. The average Bonchev–Trinajstić information content (AvgIpc) is 2.93. The number of likely N-dealkylation sites (tertiary alicyclic amines) is 1. The highest BCUT2D eigenvalue weighted by Gasteiger charge is 2.28. The molecule has 1 aliphatic carbocycles. The fourth-order valence-corrected chi connectivity index (χ4v) is 3.86. The Balaban J connectivity index is 1.67. The number of nitrogens with one attached hydrogen (secondary N) is 1. The third-order valence-electron chi connectivity index (χ3n) is 4.46. The molecule has 20 heavy (non-hydrogen) atoms. The van der Waals surface area contributed by atoms with Crippen LogP contribution in [-0.2, 0) is 9.59 Å². The lowest BCUT2D eigenvalue weighted by Gasteiger charge is -2.30. The number of rotatable bonds is 5. The van der Waals surface area contributed by atoms with Crippen LogP contribution in [0.2, 0.25) is 0 Å². The van der Waals surface area contributed by atoms with E-state index in [1.807, 2.05) is 11.8 Å². The van der Waals surface area contributed by atoms with Gasteiger partial charge in [0.15, 0.2) is 0 Å². The molecule has 1 heterocycles. The van der Waals surface area contributed by atoms with Crippen molar-refractivity contribution in [3.8, 4) is 0 Å². The second kappa shape index (κ2) is 7.31. The number of thioether (sulfide) groups is 1. The molecular weight excluding hydrogens is 276 g/mol. The number of nitrogens with zero attached hydrogens (tertiary/aromatic N) is 1. The minimum absolute atomic E-state index is 0.112. The van der Waals surface area contributed by atoms with Crippen LogP contribution in [0.3, 0.4) is 0 Å². The van der Waals surface area contributed by atoms with E-state index in [9.17, 15) is 9.59 Å². The lowest BCUT2D eigenvalue weighted by Crippen LogP contribution is -2.45. The normalized spacial score (nSPS) is 27.8. The predicted molar refractivity (Wildman–Crippen MR) is 79.9 cm³/mol. The standard InChI is InChI=1S/C14H24N2O3S/c1-20-12-3-2-11(8-12)15-9-13(17)16-6-4-10(5-7-16)14(18)19/h10-12,15H,2-9H2,1H3,(H,18,19). The van der Waals surface area contributed by atoms with Crippen LogP contribution in [0.4, 0.5) is 0 Å². The van der Waals surface area contributed by atoms with E-state index in [4.69, 9.17) is 5.11 Å². The molecule has 2 N–H and O–H groups in total. The number of carbonyl (C=O) groups is 2. The fourth-order valence-electron chi connectivity index (χ4n) is 3.06. The molecule has 0 radical (unpaired) electrons. The minimum atomic E-state index is -0.732. The van der Waals surface area contributed by atoms with Gasteiger partial charge in [0.25, 0.3) is 0 Å². The van der Waals surface area contributed by atoms with Crippen molar-refractivity contribution in [3.63, 3.8) is 0 Å². The van der Waals surface area contributed by atoms with Crippen molar-refractivity contribution < 1.29 is 14.7 Å². The summed E-state index contributed by atoms with van der Waals surface area (Å²) in [5.74, 6) is -0.894. The largest absolute Gasteiger partial charge is 0.481 e. The molecule has 0 aromatic heterocycles. The van der Waals surface area contributed by atoms with E-state index >= 15 is 0 Å². The van der Waals surface area contributed by atoms with Crippen molar-refractivity contribution in [2.45, 2.75) is 43.4 Å². The number of amides is 1. The number of piperidine rings is 1. The summed E-state index contributed by atoms with van der Waals surface area (Å²) in [5.41, 5.74) is 0. The van der Waals surface area contributed by atoms with Crippen molar-refractivity contribution in [3.05, 3.63) is 0 Å². The molecule has 114 valence electrons. The summed E-state index contributed by atoms with van der Waals surface area (Å²) in [6.45, 7) is 1.55. The Labute approximate surface area is 124 Å². The molecule has 2 unspecified atom stereocenters. The van der Waals surface area contributed by atoms with Gasteiger partial charge in [-0.25, -0.2) is 0 Å². The van der Waals surface area contributed by atoms with Gasteiger partial charge in [-0.15, -0.1) is 0 Å². The maximum Gasteiger partial charge on any atom is 0.306 e. The fraction of sp³-hybridized carbons (Fsp3) is 0.857. The van der Waals surface area contributed by atoms with Gasteiger partial charge in [0.1, 0.15) is 0 Å². The molecule has 6 heteroatoms. The molecule has 1 amide bonds. The number of carbonyl (C=O) groups excluding carboxylic acids is 1. The Morgan fingerprint density at radius 3 is 2.50 bits per heavy atom. The summed E-state index contributed by atoms with van der Waals surface area (Å²) < 4.78 is 0. The summed E-state index contributed by atoms with van der Waals surface area (Å²) in [6.07, 6.45) is 6.84. The van der Waals surface area contributed by atoms with Crippen LogP contribution in [0.5, 0.6) is 0 Å². The van der Waals surface area contributed by atoms with Crippen molar-refractivity contribution in [2.24, 2.45) is 5.92 Å². The van der Waals surface area contributed by atoms with Gasteiger partial charge < -0.3 is 15.3 Å². The first kappa shape index (κ1) is 15.6. The summed E-state index contributed by atoms with van der Waals surface area (Å²) in [7, 11) is 0. The molecule has 0 spiro atoms. The number of hydrogen-bond acceptors (Lipinski definition) is 4. The Morgan fingerprint density at radius 1 is 1.25 bits per heavy atom. The second-order valence-corrected chi connectivity index (χ2v) is 6.88. The number of aliphatic carboxylic acids is 1. The zero-order valence-corrected chi connectivity index (χ0v) is 12.8. The Morgan fingerprint density at radius 2 is 1.95 bits per heavy atom. The Hall–Kier alpha value is -0.750. The van der Waals surface area contributed by atoms with Gasteiger partial charge in [-0.3, -0.25) is 9.59 Å². The van der Waals surface area contributed by atoms with E-state index in [0.717, 1.165) is 18.1 Å². The molecule has 5 nitrogen and oxygen atoms in total. The van der Waals surface area contributed by atoms with Crippen LogP contribution in [-0.4, -0.2) is 59.1 Å². The highest BCUT2D eigenvalue weighted by atomic mass is 32.2. The molecule has 2 aliphatic rings. The molecule has 0 bridgehead atoms. The SMILES string of the molecule is CSC1CCC(NCC(=O)N2CCC(C(=O)O)CC2)C1. The molecular formula is C14H24N2O3S. The lowest BCUT2D eigenvalue weighted by atomic mass is 9.97. The van der Waals surface area contributed by atoms with Gasteiger partial charge in [0, 0.05) is 24.4 Å². The summed E-state index contributed by atoms with van der Waals surface area (Å²) in [4.78, 5) is 24.8. The van der Waals surface area contributed by atoms with Gasteiger partial charge in [-0.05, 0) is 38.4 Å². The molecule has 2 atom stereocenters. The minimum Gasteiger partial charge on any atom is -0.481 e. The molecule has 1 saturated carbocycles. The van der Waals surface area contributed by atoms with Crippen LogP contribution >= 0.6 is 11.8 Å². The van der Waals surface area contributed by atoms with E-state index in [0.29, 0.717) is 38.5 Å². The number of carboxylic acid groups (broad SMARTS) is 1. The van der Waals surface area contributed by atoms with E-state index in [-0.39, 0.29) is 11.8 Å². The van der Waals surface area contributed by atoms with Crippen molar-refractivity contribution in [1.82, 2.24) is 10.2 Å². The topological polar surface area (TPSA) is 69.6 Å². The maximum atomic E-state index is 12.1. The molecule has 0 aromatic carbocycles. The first-order valence-electron chi connectivity index (χ1n) is 7.37. The highest BCUT2D eigenvalue weighted by molar-refractivity contribution is 7.99. The zero-order valence-electron chi connectivity index (χ0n) is 12.0. The van der Waals surface area contributed by atoms with Crippen LogP contribution in [0.15, 0.2) is 0 Å². The van der Waals surface area contributed by atoms with Crippen molar-refractivity contribution in [1.29, 1.82) is 0 Å². The third-order valence-corrected chi connectivity index (χ3v) is 5.55. The van der Waals surface area contributed by atoms with Crippen LogP contribution in [0.1, 0.15) is 32.1 Å². The summed E-state index contributed by atoms with van der Waals surface area (Å²) in [5, 5.41) is 13.0. The summed E-state index contributed by atoms with van der Waals surface area (Å²) in [6, 6.07) is 0.466. The van der Waals surface area contributed by atoms with E-state index in [1.165, 1.54) is 6.42 Å². The van der Waals surface area contributed by atoms with Crippen LogP contribution in [0.25, 0.3) is 0 Å². The van der Waals surface area contributed by atoms with Crippen LogP contribution in [0, 0.1) is 5.92 Å². The van der Waals surface area contributed by atoms with Crippen molar-refractivity contribution in [2.75, 3.05) is 25.9 Å². The van der Waals surface area contributed by atoms with E-state index < -0.39 is 5.97 Å². The van der Waals surface area contributed by atoms with Gasteiger partial charge in [0.05, 0.1) is 12.5 Å². The molecule has 1 aliphatic heterocycles. The highest BCUT2D eigenvalue weighted by Crippen LogP contribution is 2.28. The quantitative estimate of drug-likeness (QED) is 0.798. The predicted octanol–water partition coefficient (Wildman–Crippen LogP) is 1.18. The Bertz CT molecular complexity index is 356. The lowest BCUT2D eigenvalue weighted by molar-refractivity contribution is -0.145. The zero-order chi connectivity index (χ0) is 14.5.